The second kappa shape index (κ2) is 5.79. The number of methoxy groups -OCH3 is 1. The molecule has 1 aromatic carbocycles. The van der Waals surface area contributed by atoms with Crippen molar-refractivity contribution in [3.63, 3.8) is 0 Å². The number of aliphatic hydroxyl groups is 1. The highest BCUT2D eigenvalue weighted by molar-refractivity contribution is 5.94. The van der Waals surface area contributed by atoms with Gasteiger partial charge < -0.3 is 19.6 Å². The predicted molar refractivity (Wildman–Crippen MR) is 73.6 cm³/mol. The topological polar surface area (TPSA) is 71.7 Å². The summed E-state index contributed by atoms with van der Waals surface area (Å²) in [6, 6.07) is 10.1. The molecule has 5 heteroatoms. The predicted octanol–water partition coefficient (Wildman–Crippen LogP) is 1.93. The highest BCUT2D eigenvalue weighted by Crippen LogP contribution is 2.20. The monoisotopic (exact) mass is 275 g/mol. The number of furan rings is 1. The van der Waals surface area contributed by atoms with E-state index in [4.69, 9.17) is 9.15 Å². The number of carbonyl (C=O) groups excluding carboxylic acids is 1. The lowest BCUT2D eigenvalue weighted by Gasteiger charge is -2.21. The van der Waals surface area contributed by atoms with Crippen LogP contribution in [0.1, 0.15) is 23.0 Å². The Bertz CT molecular complexity index is 558. The minimum absolute atomic E-state index is 0.0609. The molecule has 0 saturated heterocycles. The Morgan fingerprint density at radius 2 is 2.05 bits per heavy atom. The van der Waals surface area contributed by atoms with Gasteiger partial charge in [0.25, 0.3) is 5.91 Å². The smallest absolute Gasteiger partial charge is 0.251 e. The van der Waals surface area contributed by atoms with E-state index < -0.39 is 5.60 Å². The summed E-state index contributed by atoms with van der Waals surface area (Å²) in [4.78, 5) is 12.0. The van der Waals surface area contributed by atoms with E-state index >= 15 is 0 Å². The van der Waals surface area contributed by atoms with Crippen LogP contribution in [-0.2, 0) is 5.60 Å². The standard InChI is InChI=1S/C15H17NO4/c1-15(18,13-4-3-9-20-13)10-16-14(17)11-5-7-12(19-2)8-6-11/h3-9,18H,10H2,1-2H3,(H,16,17). The largest absolute Gasteiger partial charge is 0.497 e. The Hall–Kier alpha value is -2.27. The van der Waals surface area contributed by atoms with Gasteiger partial charge >= 0.3 is 0 Å². The van der Waals surface area contributed by atoms with Gasteiger partial charge in [-0.2, -0.15) is 0 Å². The van der Waals surface area contributed by atoms with Crippen LogP contribution >= 0.6 is 0 Å². The van der Waals surface area contributed by atoms with Crippen LogP contribution in [0, 0.1) is 0 Å². The average Bonchev–Trinajstić information content (AvgIpc) is 3.00. The van der Waals surface area contributed by atoms with E-state index in [1.165, 1.54) is 6.26 Å². The number of nitrogens with one attached hydrogen (secondary N) is 1. The first-order chi connectivity index (χ1) is 9.53. The summed E-state index contributed by atoms with van der Waals surface area (Å²) in [6.45, 7) is 1.64. The van der Waals surface area contributed by atoms with Crippen molar-refractivity contribution in [3.8, 4) is 5.75 Å². The molecule has 0 aliphatic heterocycles. The summed E-state index contributed by atoms with van der Waals surface area (Å²) in [7, 11) is 1.57. The Morgan fingerprint density at radius 3 is 2.60 bits per heavy atom. The third-order valence-electron chi connectivity index (χ3n) is 3.00. The van der Waals surface area contributed by atoms with E-state index in [0.29, 0.717) is 17.1 Å². The molecule has 0 fully saturated rings. The van der Waals surface area contributed by atoms with Gasteiger partial charge in [-0.3, -0.25) is 4.79 Å². The van der Waals surface area contributed by atoms with E-state index in [1.54, 1.807) is 50.4 Å². The number of amides is 1. The highest BCUT2D eigenvalue weighted by Gasteiger charge is 2.26. The fraction of sp³-hybridized carbons (Fsp3) is 0.267. The van der Waals surface area contributed by atoms with Crippen molar-refractivity contribution >= 4 is 5.91 Å². The lowest BCUT2D eigenvalue weighted by molar-refractivity contribution is 0.0330. The minimum atomic E-state index is -1.24. The molecule has 1 amide bonds. The molecule has 2 N–H and O–H groups in total. The van der Waals surface area contributed by atoms with Gasteiger partial charge in [0.2, 0.25) is 0 Å². The van der Waals surface area contributed by atoms with Crippen LogP contribution in [0.2, 0.25) is 0 Å². The first kappa shape index (κ1) is 14.1. The van der Waals surface area contributed by atoms with Crippen molar-refractivity contribution in [1.29, 1.82) is 0 Å². The van der Waals surface area contributed by atoms with Gasteiger partial charge in [-0.05, 0) is 43.3 Å². The molecule has 0 bridgehead atoms. The van der Waals surface area contributed by atoms with Crippen LogP contribution in [-0.4, -0.2) is 24.7 Å². The normalized spacial score (nSPS) is 13.6. The zero-order valence-electron chi connectivity index (χ0n) is 11.4. The van der Waals surface area contributed by atoms with Crippen LogP contribution in [0.15, 0.2) is 47.1 Å². The molecule has 0 saturated carbocycles. The van der Waals surface area contributed by atoms with Crippen LogP contribution in [0.4, 0.5) is 0 Å². The fourth-order valence-electron chi connectivity index (χ4n) is 1.77. The van der Waals surface area contributed by atoms with Gasteiger partial charge in [0.1, 0.15) is 17.1 Å². The number of benzene rings is 1. The van der Waals surface area contributed by atoms with Gasteiger partial charge in [-0.1, -0.05) is 0 Å². The van der Waals surface area contributed by atoms with Gasteiger partial charge in [-0.15, -0.1) is 0 Å². The molecule has 2 rings (SSSR count). The molecule has 1 atom stereocenters. The van der Waals surface area contributed by atoms with Crippen LogP contribution in [0.3, 0.4) is 0 Å². The molecule has 1 unspecified atom stereocenters. The zero-order chi connectivity index (χ0) is 14.6. The Morgan fingerprint density at radius 1 is 1.35 bits per heavy atom. The first-order valence-corrected chi connectivity index (χ1v) is 6.21. The van der Waals surface area contributed by atoms with E-state index in [1.807, 2.05) is 0 Å². The Balaban J connectivity index is 1.98. The second-order valence-electron chi connectivity index (χ2n) is 4.66. The van der Waals surface area contributed by atoms with E-state index in [0.717, 1.165) is 0 Å². The summed E-state index contributed by atoms with van der Waals surface area (Å²) in [5.41, 5.74) is -0.743. The van der Waals surface area contributed by atoms with E-state index in [-0.39, 0.29) is 12.5 Å². The van der Waals surface area contributed by atoms with E-state index in [2.05, 4.69) is 5.32 Å². The summed E-state index contributed by atoms with van der Waals surface area (Å²) in [5.74, 6) is 0.830. The molecule has 0 aliphatic carbocycles. The maximum atomic E-state index is 12.0. The number of carbonyl (C=O) groups is 1. The first-order valence-electron chi connectivity index (χ1n) is 6.21. The summed E-state index contributed by atoms with van der Waals surface area (Å²) in [5, 5.41) is 12.9. The SMILES string of the molecule is COc1ccc(C(=O)NCC(C)(O)c2ccco2)cc1. The van der Waals surface area contributed by atoms with Crippen LogP contribution in [0.5, 0.6) is 5.75 Å². The van der Waals surface area contributed by atoms with Crippen LogP contribution < -0.4 is 10.1 Å². The van der Waals surface area contributed by atoms with Gasteiger partial charge in [0.05, 0.1) is 19.9 Å². The summed E-state index contributed by atoms with van der Waals surface area (Å²) in [6.07, 6.45) is 1.48. The summed E-state index contributed by atoms with van der Waals surface area (Å²) < 4.78 is 10.2. The zero-order valence-corrected chi connectivity index (χ0v) is 11.4. The van der Waals surface area contributed by atoms with Crippen molar-refractivity contribution in [3.05, 3.63) is 54.0 Å². The maximum absolute atomic E-state index is 12.0. The molecule has 2 aromatic rings. The van der Waals surface area contributed by atoms with Crippen molar-refractivity contribution < 1.29 is 19.1 Å². The van der Waals surface area contributed by atoms with Gasteiger partial charge in [0, 0.05) is 5.56 Å². The molecule has 0 radical (unpaired) electrons. The molecular formula is C15H17NO4. The quantitative estimate of drug-likeness (QED) is 0.874. The molecule has 0 spiro atoms. The Labute approximate surface area is 117 Å². The molecule has 20 heavy (non-hydrogen) atoms. The number of hydrogen-bond acceptors (Lipinski definition) is 4. The number of hydrogen-bond donors (Lipinski definition) is 2. The lowest BCUT2D eigenvalue weighted by atomic mass is 10.0. The molecule has 1 heterocycles. The summed E-state index contributed by atoms with van der Waals surface area (Å²) >= 11 is 0. The van der Waals surface area contributed by atoms with Crippen molar-refractivity contribution in [1.82, 2.24) is 5.32 Å². The highest BCUT2D eigenvalue weighted by atomic mass is 16.5. The lowest BCUT2D eigenvalue weighted by Crippen LogP contribution is -2.38. The van der Waals surface area contributed by atoms with Crippen molar-refractivity contribution in [2.24, 2.45) is 0 Å². The van der Waals surface area contributed by atoms with Crippen molar-refractivity contribution in [2.45, 2.75) is 12.5 Å². The Kier molecular flexibility index (Phi) is 4.10. The third-order valence-corrected chi connectivity index (χ3v) is 3.00. The molecule has 5 nitrogen and oxygen atoms in total. The second-order valence-corrected chi connectivity index (χ2v) is 4.66. The molecule has 0 aliphatic rings. The number of ether oxygens (including phenoxy) is 1. The van der Waals surface area contributed by atoms with Gasteiger partial charge in [0.15, 0.2) is 0 Å². The third kappa shape index (κ3) is 3.19. The van der Waals surface area contributed by atoms with Crippen molar-refractivity contribution in [2.75, 3.05) is 13.7 Å². The van der Waals surface area contributed by atoms with Crippen LogP contribution in [0.25, 0.3) is 0 Å². The molecule has 1 aromatic heterocycles. The fourth-order valence-corrected chi connectivity index (χ4v) is 1.77. The average molecular weight is 275 g/mol. The van der Waals surface area contributed by atoms with E-state index in [9.17, 15) is 9.90 Å². The molecule has 106 valence electrons. The maximum Gasteiger partial charge on any atom is 0.251 e. The molecular weight excluding hydrogens is 258 g/mol. The number of rotatable bonds is 5. The van der Waals surface area contributed by atoms with Gasteiger partial charge in [-0.25, -0.2) is 0 Å². The minimum Gasteiger partial charge on any atom is -0.497 e.